The molecule has 41 heavy (non-hydrogen) atoms. The topological polar surface area (TPSA) is 59.4 Å². The Hall–Kier alpha value is -5.36. The van der Waals surface area contributed by atoms with Crippen LogP contribution in [0, 0.1) is 12.7 Å². The summed E-state index contributed by atoms with van der Waals surface area (Å²) in [6, 6.07) is 33.0. The number of pyridine rings is 1. The van der Waals surface area contributed by atoms with Crippen LogP contribution in [0.25, 0.3) is 5.69 Å². The fourth-order valence-electron chi connectivity index (χ4n) is 6.09. The zero-order chi connectivity index (χ0) is 28.2. The highest BCUT2D eigenvalue weighted by atomic mass is 19.1. The molecule has 0 amide bonds. The number of allylic oxidation sites excluding steroid dienone is 2. The van der Waals surface area contributed by atoms with E-state index in [1.807, 2.05) is 73.7 Å². The van der Waals surface area contributed by atoms with Crippen molar-refractivity contribution in [1.29, 1.82) is 0 Å². The lowest BCUT2D eigenvalue weighted by atomic mass is 9.72. The number of carbonyl (C=O) groups excluding carboxylic acids is 2. The van der Waals surface area contributed by atoms with Gasteiger partial charge in [-0.3, -0.25) is 19.0 Å². The summed E-state index contributed by atoms with van der Waals surface area (Å²) in [5.74, 6) is -2.15. The van der Waals surface area contributed by atoms with E-state index in [1.54, 1.807) is 45.9 Å². The smallest absolute Gasteiger partial charge is 0.261 e. The molecule has 1 aliphatic carbocycles. The molecular formula is C35H23FN2O3. The molecule has 1 atom stereocenters. The Labute approximate surface area is 235 Å². The van der Waals surface area contributed by atoms with Crippen LogP contribution in [0.4, 0.5) is 15.8 Å². The summed E-state index contributed by atoms with van der Waals surface area (Å²) >= 11 is 0. The van der Waals surface area contributed by atoms with Crippen LogP contribution in [0.15, 0.2) is 131 Å². The van der Waals surface area contributed by atoms with Gasteiger partial charge in [-0.2, -0.15) is 0 Å². The van der Waals surface area contributed by atoms with Gasteiger partial charge in [0.1, 0.15) is 11.5 Å². The van der Waals surface area contributed by atoms with Gasteiger partial charge in [-0.15, -0.1) is 0 Å². The number of nitrogens with zero attached hydrogens (tertiary/aromatic N) is 2. The van der Waals surface area contributed by atoms with Gasteiger partial charge in [0, 0.05) is 39.7 Å². The van der Waals surface area contributed by atoms with Crippen molar-refractivity contribution in [3.63, 3.8) is 0 Å². The van der Waals surface area contributed by atoms with Crippen molar-refractivity contribution < 1.29 is 14.0 Å². The van der Waals surface area contributed by atoms with Crippen molar-refractivity contribution in [3.05, 3.63) is 171 Å². The van der Waals surface area contributed by atoms with E-state index in [9.17, 15) is 18.8 Å². The molecule has 7 rings (SSSR count). The third-order valence-corrected chi connectivity index (χ3v) is 7.79. The van der Waals surface area contributed by atoms with E-state index in [0.29, 0.717) is 39.4 Å². The van der Waals surface area contributed by atoms with Crippen molar-refractivity contribution in [2.75, 3.05) is 4.90 Å². The molecule has 0 fully saturated rings. The third-order valence-electron chi connectivity index (χ3n) is 7.79. The first-order valence-electron chi connectivity index (χ1n) is 13.3. The molecule has 2 heterocycles. The molecule has 5 aromatic rings. The van der Waals surface area contributed by atoms with E-state index in [0.717, 1.165) is 0 Å². The van der Waals surface area contributed by atoms with Crippen LogP contribution in [0.5, 0.6) is 0 Å². The number of aryl methyl sites for hydroxylation is 1. The highest BCUT2D eigenvalue weighted by Gasteiger charge is 2.46. The Morgan fingerprint density at radius 2 is 1.27 bits per heavy atom. The van der Waals surface area contributed by atoms with Crippen molar-refractivity contribution in [1.82, 2.24) is 4.57 Å². The Balaban J connectivity index is 1.64. The largest absolute Gasteiger partial charge is 0.306 e. The summed E-state index contributed by atoms with van der Waals surface area (Å²) in [6.07, 6.45) is 0. The number of fused-ring (bicyclic) bond motifs is 2. The molecule has 1 unspecified atom stereocenters. The molecule has 0 radical (unpaired) electrons. The summed E-state index contributed by atoms with van der Waals surface area (Å²) in [6.45, 7) is 1.84. The molecule has 1 aromatic heterocycles. The number of hydrogen-bond donors (Lipinski definition) is 0. The Kier molecular flexibility index (Phi) is 5.64. The number of halogens is 1. The van der Waals surface area contributed by atoms with Crippen LogP contribution in [-0.4, -0.2) is 16.1 Å². The number of Topliss-reactive ketones (excluding diaryl/α,β-unsaturated/α-hetero) is 2. The lowest BCUT2D eigenvalue weighted by Gasteiger charge is -2.40. The lowest BCUT2D eigenvalue weighted by Crippen LogP contribution is -2.41. The summed E-state index contributed by atoms with van der Waals surface area (Å²) in [4.78, 5) is 45.0. The number of carbonyl (C=O) groups is 2. The van der Waals surface area contributed by atoms with Gasteiger partial charge in [0.2, 0.25) is 5.78 Å². The standard InChI is InChI=1S/C35H23FN2O3/c1-21-19-28-30(35(41)37(21)24-13-4-2-5-14-24)29(22-11-10-12-23(36)20-22)31-32(38(28)25-15-6-3-7-16-25)34(40)27-18-9-8-17-26(27)33(31)39/h2-20,29H,1H3. The molecule has 1 aliphatic heterocycles. The second-order valence-corrected chi connectivity index (χ2v) is 10.2. The first kappa shape index (κ1) is 24.7. The third kappa shape index (κ3) is 3.72. The van der Waals surface area contributed by atoms with E-state index in [-0.39, 0.29) is 34.0 Å². The van der Waals surface area contributed by atoms with E-state index >= 15 is 0 Å². The number of hydrogen-bond acceptors (Lipinski definition) is 4. The monoisotopic (exact) mass is 538 g/mol. The Morgan fingerprint density at radius 1 is 0.659 bits per heavy atom. The Bertz CT molecular complexity index is 1980. The van der Waals surface area contributed by atoms with Gasteiger partial charge >= 0.3 is 0 Å². The maximum atomic E-state index is 14.7. The predicted molar refractivity (Wildman–Crippen MR) is 156 cm³/mol. The van der Waals surface area contributed by atoms with Crippen LogP contribution in [0.2, 0.25) is 0 Å². The average Bonchev–Trinajstić information content (AvgIpc) is 2.99. The predicted octanol–water partition coefficient (Wildman–Crippen LogP) is 6.90. The van der Waals surface area contributed by atoms with Gasteiger partial charge in [-0.25, -0.2) is 4.39 Å². The highest BCUT2D eigenvalue weighted by Crippen LogP contribution is 2.50. The van der Waals surface area contributed by atoms with Crippen LogP contribution >= 0.6 is 0 Å². The van der Waals surface area contributed by atoms with Crippen LogP contribution in [0.3, 0.4) is 0 Å². The number of benzene rings is 4. The fraction of sp³-hybridized carbons (Fsp3) is 0.0571. The van der Waals surface area contributed by atoms with Crippen LogP contribution < -0.4 is 10.5 Å². The molecule has 5 nitrogen and oxygen atoms in total. The Morgan fingerprint density at radius 3 is 1.93 bits per heavy atom. The van der Waals surface area contributed by atoms with Crippen molar-refractivity contribution in [2.45, 2.75) is 12.8 Å². The summed E-state index contributed by atoms with van der Waals surface area (Å²) in [7, 11) is 0. The maximum Gasteiger partial charge on any atom is 0.261 e. The van der Waals surface area contributed by atoms with E-state index < -0.39 is 11.7 Å². The minimum Gasteiger partial charge on any atom is -0.306 e. The van der Waals surface area contributed by atoms with Crippen LogP contribution in [0.1, 0.15) is 43.5 Å². The van der Waals surface area contributed by atoms with Crippen LogP contribution in [-0.2, 0) is 0 Å². The number of para-hydroxylation sites is 2. The first-order valence-corrected chi connectivity index (χ1v) is 13.3. The molecule has 4 aromatic carbocycles. The minimum absolute atomic E-state index is 0.163. The van der Waals surface area contributed by atoms with Gasteiger partial charge in [0.15, 0.2) is 5.78 Å². The minimum atomic E-state index is -0.969. The number of ketones is 2. The number of rotatable bonds is 3. The zero-order valence-electron chi connectivity index (χ0n) is 22.0. The van der Waals surface area contributed by atoms with Gasteiger partial charge in [-0.1, -0.05) is 72.8 Å². The lowest BCUT2D eigenvalue weighted by molar-refractivity contribution is 0.0968. The van der Waals surface area contributed by atoms with Gasteiger partial charge in [-0.05, 0) is 55.0 Å². The molecule has 0 N–H and O–H groups in total. The SMILES string of the molecule is Cc1cc2c(c(=O)n1-c1ccccc1)C(c1cccc(F)c1)C1=C(C(=O)c3ccccc3C1=O)N2c1ccccc1. The second-order valence-electron chi connectivity index (χ2n) is 10.2. The van der Waals surface area contributed by atoms with Crippen molar-refractivity contribution in [2.24, 2.45) is 0 Å². The van der Waals surface area contributed by atoms with E-state index in [1.165, 1.54) is 12.1 Å². The number of aromatic nitrogens is 1. The average molecular weight is 539 g/mol. The quantitative estimate of drug-likeness (QED) is 0.251. The summed E-state index contributed by atoms with van der Waals surface area (Å²) < 4.78 is 16.3. The molecule has 6 heteroatoms. The van der Waals surface area contributed by atoms with E-state index in [2.05, 4.69) is 0 Å². The zero-order valence-corrected chi connectivity index (χ0v) is 22.0. The maximum absolute atomic E-state index is 14.7. The normalized spacial score (nSPS) is 15.9. The van der Waals surface area contributed by atoms with Gasteiger partial charge in [0.25, 0.3) is 5.56 Å². The molecule has 0 spiro atoms. The molecule has 0 saturated heterocycles. The molecule has 2 aliphatic rings. The molecule has 0 bridgehead atoms. The first-order chi connectivity index (χ1) is 20.0. The number of anilines is 2. The van der Waals surface area contributed by atoms with E-state index in [4.69, 9.17) is 0 Å². The fourth-order valence-corrected chi connectivity index (χ4v) is 6.09. The summed E-state index contributed by atoms with van der Waals surface area (Å²) in [5, 5.41) is 0. The van der Waals surface area contributed by atoms with Gasteiger partial charge in [0.05, 0.1) is 11.3 Å². The van der Waals surface area contributed by atoms with Crippen molar-refractivity contribution in [3.8, 4) is 5.69 Å². The molecule has 0 saturated carbocycles. The highest BCUT2D eigenvalue weighted by molar-refractivity contribution is 6.30. The van der Waals surface area contributed by atoms with Crippen molar-refractivity contribution >= 4 is 22.9 Å². The summed E-state index contributed by atoms with van der Waals surface area (Å²) in [5.41, 5.74) is 3.73. The molecule has 198 valence electrons. The molecular weight excluding hydrogens is 515 g/mol. The van der Waals surface area contributed by atoms with Gasteiger partial charge < -0.3 is 4.90 Å². The second kappa shape index (κ2) is 9.38.